The summed E-state index contributed by atoms with van der Waals surface area (Å²) in [6, 6.07) is 4.98. The fraction of sp³-hybridized carbons (Fsp3) is 0.333. The number of rotatable bonds is 1. The second-order valence-electron chi connectivity index (χ2n) is 3.27. The maximum absolute atomic E-state index is 11.5. The van der Waals surface area contributed by atoms with Crippen LogP contribution in [0.2, 0.25) is 0 Å². The lowest BCUT2D eigenvalue weighted by molar-refractivity contribution is 0.465. The van der Waals surface area contributed by atoms with E-state index in [4.69, 9.17) is 0 Å². The molecule has 1 rings (SSSR count). The number of phenols is 1. The number of hydroxylamine groups is 2. The number of hydrogen-bond donors (Lipinski definition) is 1. The molecular weight excluding hydrogens is 154 g/mol. The molecule has 3 heteroatoms. The molecular formula is C9H13NO2. The molecule has 0 saturated carbocycles. The van der Waals surface area contributed by atoms with Crippen LogP contribution < -0.4 is 4.65 Å². The highest BCUT2D eigenvalue weighted by Crippen LogP contribution is 2.28. The second kappa shape index (κ2) is 2.77. The minimum Gasteiger partial charge on any atom is -0.628 e. The van der Waals surface area contributed by atoms with Gasteiger partial charge in [0.15, 0.2) is 0 Å². The van der Waals surface area contributed by atoms with Crippen LogP contribution in [0.3, 0.4) is 0 Å². The van der Waals surface area contributed by atoms with Crippen molar-refractivity contribution in [3.63, 3.8) is 0 Å². The average Bonchev–Trinajstić information content (AvgIpc) is 1.92. The molecule has 12 heavy (non-hydrogen) atoms. The molecule has 0 heterocycles. The number of hydrogen-bond acceptors (Lipinski definition) is 2. The number of nitrogens with zero attached hydrogens (tertiary/aromatic N) is 1. The third-order valence-corrected chi connectivity index (χ3v) is 1.86. The van der Waals surface area contributed by atoms with E-state index in [0.717, 1.165) is 0 Å². The summed E-state index contributed by atoms with van der Waals surface area (Å²) in [5, 5.41) is 20.8. The Morgan fingerprint density at radius 2 is 1.92 bits per heavy atom. The third kappa shape index (κ3) is 1.57. The molecule has 0 radical (unpaired) electrons. The summed E-state index contributed by atoms with van der Waals surface area (Å²) in [5.41, 5.74) is 1.24. The number of phenolic OH excluding ortho intramolecular Hbond substituents is 1. The number of aromatic hydroxyl groups is 1. The first-order valence-electron chi connectivity index (χ1n) is 3.77. The van der Waals surface area contributed by atoms with Gasteiger partial charge in [-0.3, -0.25) is 0 Å². The molecule has 0 spiro atoms. The summed E-state index contributed by atoms with van der Waals surface area (Å²) in [6.07, 6.45) is 0. The molecule has 3 nitrogen and oxygen atoms in total. The van der Waals surface area contributed by atoms with Gasteiger partial charge in [0.05, 0.1) is 19.7 Å². The average molecular weight is 167 g/mol. The predicted molar refractivity (Wildman–Crippen MR) is 49.9 cm³/mol. The van der Waals surface area contributed by atoms with Gasteiger partial charge in [-0.25, -0.2) is 0 Å². The van der Waals surface area contributed by atoms with Crippen LogP contribution >= 0.6 is 0 Å². The Morgan fingerprint density at radius 1 is 1.33 bits per heavy atom. The van der Waals surface area contributed by atoms with Gasteiger partial charge in [0.1, 0.15) is 11.4 Å². The minimum atomic E-state index is -0.514. The Morgan fingerprint density at radius 3 is 2.33 bits per heavy atom. The fourth-order valence-electron chi connectivity index (χ4n) is 1.19. The van der Waals surface area contributed by atoms with Gasteiger partial charge in [0.25, 0.3) is 0 Å². The smallest absolute Gasteiger partial charge is 0.139 e. The van der Waals surface area contributed by atoms with Crippen molar-refractivity contribution in [2.24, 2.45) is 0 Å². The van der Waals surface area contributed by atoms with E-state index in [-0.39, 0.29) is 5.75 Å². The molecule has 0 aliphatic rings. The normalized spacial score (nSPS) is 11.7. The highest BCUT2D eigenvalue weighted by molar-refractivity contribution is 5.55. The van der Waals surface area contributed by atoms with E-state index in [1.807, 2.05) is 0 Å². The molecule has 0 aliphatic carbocycles. The largest absolute Gasteiger partial charge is 0.628 e. The summed E-state index contributed by atoms with van der Waals surface area (Å²) in [5.74, 6) is 0.176. The standard InChI is InChI=1S/C9H13NO2/c1-7-8(10(2,3)12)5-4-6-9(7)11/h4-6,11H,1-3H3. The Bertz CT molecular complexity index is 289. The number of benzene rings is 1. The van der Waals surface area contributed by atoms with Crippen molar-refractivity contribution in [3.8, 4) is 5.75 Å². The van der Waals surface area contributed by atoms with Crippen molar-refractivity contribution < 1.29 is 5.11 Å². The highest BCUT2D eigenvalue weighted by atomic mass is 16.5. The Kier molecular flexibility index (Phi) is 2.08. The van der Waals surface area contributed by atoms with Gasteiger partial charge in [-0.05, 0) is 19.1 Å². The van der Waals surface area contributed by atoms with Gasteiger partial charge in [-0.2, -0.15) is 0 Å². The van der Waals surface area contributed by atoms with Crippen LogP contribution in [0.5, 0.6) is 5.75 Å². The lowest BCUT2D eigenvalue weighted by Crippen LogP contribution is -2.33. The van der Waals surface area contributed by atoms with E-state index in [0.29, 0.717) is 11.3 Å². The van der Waals surface area contributed by atoms with E-state index >= 15 is 0 Å². The zero-order chi connectivity index (χ0) is 9.35. The highest BCUT2D eigenvalue weighted by Gasteiger charge is 2.12. The molecule has 0 fully saturated rings. The number of quaternary nitrogens is 1. The SMILES string of the molecule is Cc1c(O)cccc1[N+](C)(C)[O-]. The second-order valence-corrected chi connectivity index (χ2v) is 3.27. The van der Waals surface area contributed by atoms with Gasteiger partial charge in [0, 0.05) is 0 Å². The van der Waals surface area contributed by atoms with Gasteiger partial charge in [-0.1, -0.05) is 6.07 Å². The van der Waals surface area contributed by atoms with Crippen molar-refractivity contribution in [1.82, 2.24) is 4.65 Å². The van der Waals surface area contributed by atoms with Crippen molar-refractivity contribution >= 4 is 5.69 Å². The Labute approximate surface area is 72.0 Å². The van der Waals surface area contributed by atoms with Crippen LogP contribution in [0.15, 0.2) is 18.2 Å². The topological polar surface area (TPSA) is 43.3 Å². The third-order valence-electron chi connectivity index (χ3n) is 1.86. The first-order chi connectivity index (χ1) is 5.43. The monoisotopic (exact) mass is 167 g/mol. The maximum atomic E-state index is 11.5. The summed E-state index contributed by atoms with van der Waals surface area (Å²) in [7, 11) is 3.06. The van der Waals surface area contributed by atoms with Gasteiger partial charge in [-0.15, -0.1) is 0 Å². The van der Waals surface area contributed by atoms with Crippen LogP contribution in [-0.2, 0) is 0 Å². The maximum Gasteiger partial charge on any atom is 0.139 e. The van der Waals surface area contributed by atoms with E-state index in [1.54, 1.807) is 25.1 Å². The van der Waals surface area contributed by atoms with Gasteiger partial charge >= 0.3 is 0 Å². The quantitative estimate of drug-likeness (QED) is 0.511. The van der Waals surface area contributed by atoms with Crippen LogP contribution in [0, 0.1) is 12.1 Å². The first kappa shape index (κ1) is 9.03. The lowest BCUT2D eigenvalue weighted by atomic mass is 10.1. The van der Waals surface area contributed by atoms with Gasteiger partial charge < -0.3 is 15.0 Å². The molecule has 0 amide bonds. The van der Waals surface area contributed by atoms with Crippen molar-refractivity contribution in [2.45, 2.75) is 6.92 Å². The molecule has 0 bridgehead atoms. The molecule has 0 atom stereocenters. The molecule has 66 valence electrons. The molecule has 1 aromatic rings. The van der Waals surface area contributed by atoms with Gasteiger partial charge in [0.2, 0.25) is 0 Å². The van der Waals surface area contributed by atoms with Crippen LogP contribution in [-0.4, -0.2) is 19.2 Å². The van der Waals surface area contributed by atoms with Crippen molar-refractivity contribution in [2.75, 3.05) is 14.1 Å². The summed E-state index contributed by atoms with van der Waals surface area (Å²) in [6.45, 7) is 1.74. The van der Waals surface area contributed by atoms with E-state index in [9.17, 15) is 10.3 Å². The summed E-state index contributed by atoms with van der Waals surface area (Å²) >= 11 is 0. The molecule has 0 aliphatic heterocycles. The fourth-order valence-corrected chi connectivity index (χ4v) is 1.19. The van der Waals surface area contributed by atoms with Crippen molar-refractivity contribution in [3.05, 3.63) is 29.0 Å². The molecule has 1 aromatic carbocycles. The Hall–Kier alpha value is -1.06. The van der Waals surface area contributed by atoms with E-state index in [1.165, 1.54) is 14.1 Å². The molecule has 0 saturated heterocycles. The molecule has 0 unspecified atom stereocenters. The first-order valence-corrected chi connectivity index (χ1v) is 3.77. The van der Waals surface area contributed by atoms with E-state index < -0.39 is 4.65 Å². The zero-order valence-corrected chi connectivity index (χ0v) is 7.53. The minimum absolute atomic E-state index is 0.176. The van der Waals surface area contributed by atoms with Crippen LogP contribution in [0.4, 0.5) is 5.69 Å². The summed E-state index contributed by atoms with van der Waals surface area (Å²) in [4.78, 5) is 0. The van der Waals surface area contributed by atoms with Crippen LogP contribution in [0.1, 0.15) is 5.56 Å². The molecule has 0 aromatic heterocycles. The van der Waals surface area contributed by atoms with E-state index in [2.05, 4.69) is 0 Å². The Balaban J connectivity index is 3.26. The lowest BCUT2D eigenvalue weighted by Gasteiger charge is -2.34. The predicted octanol–water partition coefficient (Wildman–Crippen LogP) is 1.77. The van der Waals surface area contributed by atoms with Crippen molar-refractivity contribution in [1.29, 1.82) is 0 Å². The summed E-state index contributed by atoms with van der Waals surface area (Å²) < 4.78 is -0.514. The molecule has 1 N–H and O–H groups in total. The van der Waals surface area contributed by atoms with Crippen LogP contribution in [0.25, 0.3) is 0 Å². The zero-order valence-electron chi connectivity index (χ0n) is 7.53.